The Morgan fingerprint density at radius 3 is 1.95 bits per heavy atom. The lowest BCUT2D eigenvalue weighted by atomic mass is 10.3. The SMILES string of the molecule is O=c1cc(C(F)(F)F)[nH]c(=O)n1-c1cc(Cl)c(Cl)c(Cl)c1. The first-order valence-electron chi connectivity index (χ1n) is 5.20. The predicted octanol–water partition coefficient (Wildman–Crippen LogP) is 3.50. The third-order valence-electron chi connectivity index (χ3n) is 2.47. The van der Waals surface area contributed by atoms with Crippen molar-refractivity contribution in [3.8, 4) is 5.69 Å². The maximum absolute atomic E-state index is 12.5. The second kappa shape index (κ2) is 5.40. The number of hydrogen-bond donors (Lipinski definition) is 1. The van der Waals surface area contributed by atoms with E-state index in [0.29, 0.717) is 4.57 Å². The molecule has 1 N–H and O–H groups in total. The molecule has 0 aliphatic rings. The molecule has 0 radical (unpaired) electrons. The second-order valence-corrected chi connectivity index (χ2v) is 5.08. The van der Waals surface area contributed by atoms with Crippen molar-refractivity contribution in [3.05, 3.63) is 59.8 Å². The van der Waals surface area contributed by atoms with Crippen LogP contribution in [-0.2, 0) is 6.18 Å². The molecule has 0 saturated heterocycles. The van der Waals surface area contributed by atoms with Crippen LogP contribution in [0.3, 0.4) is 0 Å². The van der Waals surface area contributed by atoms with Crippen molar-refractivity contribution in [2.24, 2.45) is 0 Å². The van der Waals surface area contributed by atoms with Crippen LogP contribution in [0.15, 0.2) is 27.8 Å². The van der Waals surface area contributed by atoms with Gasteiger partial charge in [-0.25, -0.2) is 9.36 Å². The number of nitrogens with zero attached hydrogens (tertiary/aromatic N) is 1. The van der Waals surface area contributed by atoms with Gasteiger partial charge in [0.05, 0.1) is 20.8 Å². The molecule has 112 valence electrons. The molecule has 0 aliphatic heterocycles. The summed E-state index contributed by atoms with van der Waals surface area (Å²) in [5.74, 6) is 0. The average Bonchev–Trinajstić information content (AvgIpc) is 2.33. The summed E-state index contributed by atoms with van der Waals surface area (Å²) >= 11 is 17.2. The summed E-state index contributed by atoms with van der Waals surface area (Å²) in [6, 6.07) is 2.54. The molecule has 0 saturated carbocycles. The highest BCUT2D eigenvalue weighted by Crippen LogP contribution is 2.32. The Bertz CT molecular complexity index is 772. The molecule has 21 heavy (non-hydrogen) atoms. The van der Waals surface area contributed by atoms with E-state index in [1.54, 1.807) is 4.98 Å². The summed E-state index contributed by atoms with van der Waals surface area (Å²) < 4.78 is 37.9. The Morgan fingerprint density at radius 1 is 1.00 bits per heavy atom. The zero-order chi connectivity index (χ0) is 15.9. The minimum absolute atomic E-state index is 0.00141. The van der Waals surface area contributed by atoms with Crippen molar-refractivity contribution < 1.29 is 13.2 Å². The van der Waals surface area contributed by atoms with Crippen LogP contribution in [0.5, 0.6) is 0 Å². The van der Waals surface area contributed by atoms with Crippen molar-refractivity contribution in [2.75, 3.05) is 0 Å². The number of hydrogen-bond acceptors (Lipinski definition) is 2. The highest BCUT2D eigenvalue weighted by molar-refractivity contribution is 6.48. The fourth-order valence-corrected chi connectivity index (χ4v) is 2.15. The summed E-state index contributed by atoms with van der Waals surface area (Å²) in [7, 11) is 0. The van der Waals surface area contributed by atoms with Crippen LogP contribution in [-0.4, -0.2) is 9.55 Å². The van der Waals surface area contributed by atoms with Gasteiger partial charge in [0.25, 0.3) is 5.56 Å². The standard InChI is InChI=1S/C11H4Cl3F3N2O2/c12-5-1-4(2-6(13)9(5)14)19-8(20)3-7(11(15,16)17)18-10(19)21/h1-3H,(H,18,21). The number of rotatable bonds is 1. The van der Waals surface area contributed by atoms with Gasteiger partial charge in [0, 0.05) is 6.07 Å². The highest BCUT2D eigenvalue weighted by Gasteiger charge is 2.33. The van der Waals surface area contributed by atoms with E-state index in [2.05, 4.69) is 0 Å². The number of nitrogens with one attached hydrogen (secondary N) is 1. The molecule has 1 aromatic heterocycles. The molecular weight excluding hydrogens is 355 g/mol. The Morgan fingerprint density at radius 2 is 1.52 bits per heavy atom. The van der Waals surface area contributed by atoms with Gasteiger partial charge < -0.3 is 4.98 Å². The molecule has 1 heterocycles. The Hall–Kier alpha value is -1.44. The van der Waals surface area contributed by atoms with Gasteiger partial charge in [-0.3, -0.25) is 4.79 Å². The molecule has 0 spiro atoms. The van der Waals surface area contributed by atoms with Gasteiger partial charge in [0.15, 0.2) is 0 Å². The molecule has 0 fully saturated rings. The largest absolute Gasteiger partial charge is 0.431 e. The monoisotopic (exact) mass is 358 g/mol. The molecule has 2 aromatic rings. The molecule has 4 nitrogen and oxygen atoms in total. The number of aromatic amines is 1. The van der Waals surface area contributed by atoms with Crippen LogP contribution in [0.1, 0.15) is 5.69 Å². The molecule has 10 heteroatoms. The second-order valence-electron chi connectivity index (χ2n) is 3.88. The number of halogens is 6. The maximum atomic E-state index is 12.5. The fourth-order valence-electron chi connectivity index (χ4n) is 1.56. The lowest BCUT2D eigenvalue weighted by Crippen LogP contribution is -2.35. The Balaban J connectivity index is 2.72. The van der Waals surface area contributed by atoms with Crippen molar-refractivity contribution in [3.63, 3.8) is 0 Å². The predicted molar refractivity (Wildman–Crippen MR) is 72.7 cm³/mol. The minimum atomic E-state index is -4.84. The van der Waals surface area contributed by atoms with Gasteiger partial charge in [-0.1, -0.05) is 34.8 Å². The van der Waals surface area contributed by atoms with E-state index in [1.807, 2.05) is 0 Å². The van der Waals surface area contributed by atoms with E-state index in [0.717, 1.165) is 12.1 Å². The van der Waals surface area contributed by atoms with Gasteiger partial charge in [-0.15, -0.1) is 0 Å². The number of alkyl halides is 3. The van der Waals surface area contributed by atoms with E-state index in [1.165, 1.54) is 0 Å². The maximum Gasteiger partial charge on any atom is 0.431 e. The van der Waals surface area contributed by atoms with E-state index in [9.17, 15) is 22.8 Å². The first-order chi connectivity index (χ1) is 9.61. The van der Waals surface area contributed by atoms with Gasteiger partial charge >= 0.3 is 11.9 Å². The minimum Gasteiger partial charge on any atom is -0.303 e. The quantitative estimate of drug-likeness (QED) is 0.792. The number of aromatic nitrogens is 2. The third kappa shape index (κ3) is 3.09. The van der Waals surface area contributed by atoms with E-state index in [4.69, 9.17) is 34.8 Å². The van der Waals surface area contributed by atoms with Gasteiger partial charge in [-0.2, -0.15) is 13.2 Å². The first kappa shape index (κ1) is 15.9. The van der Waals surface area contributed by atoms with Crippen molar-refractivity contribution in [2.45, 2.75) is 6.18 Å². The summed E-state index contributed by atoms with van der Waals surface area (Å²) in [6.07, 6.45) is -4.84. The molecule has 1 aromatic carbocycles. The van der Waals surface area contributed by atoms with Crippen LogP contribution in [0.2, 0.25) is 15.1 Å². The summed E-state index contributed by atoms with van der Waals surface area (Å²) in [4.78, 5) is 25.0. The summed E-state index contributed by atoms with van der Waals surface area (Å²) in [6.45, 7) is 0. The number of H-pyrrole nitrogens is 1. The summed E-state index contributed by atoms with van der Waals surface area (Å²) in [5, 5.41) is -0.103. The van der Waals surface area contributed by atoms with E-state index >= 15 is 0 Å². The molecule has 0 unspecified atom stereocenters. The number of benzene rings is 1. The smallest absolute Gasteiger partial charge is 0.303 e. The topological polar surface area (TPSA) is 54.9 Å². The van der Waals surface area contributed by atoms with Crippen LogP contribution in [0.25, 0.3) is 5.69 Å². The molecule has 0 aliphatic carbocycles. The van der Waals surface area contributed by atoms with E-state index < -0.39 is 23.1 Å². The lowest BCUT2D eigenvalue weighted by Gasteiger charge is -2.10. The van der Waals surface area contributed by atoms with Crippen LogP contribution >= 0.6 is 34.8 Å². The fraction of sp³-hybridized carbons (Fsp3) is 0.0909. The molecule has 0 atom stereocenters. The van der Waals surface area contributed by atoms with Crippen LogP contribution in [0.4, 0.5) is 13.2 Å². The Labute approximate surface area is 129 Å². The zero-order valence-electron chi connectivity index (χ0n) is 9.76. The van der Waals surface area contributed by atoms with Gasteiger partial charge in [0.2, 0.25) is 0 Å². The van der Waals surface area contributed by atoms with E-state index in [-0.39, 0.29) is 26.8 Å². The molecular formula is C11H4Cl3F3N2O2. The van der Waals surface area contributed by atoms with Crippen molar-refractivity contribution in [1.29, 1.82) is 0 Å². The van der Waals surface area contributed by atoms with Crippen LogP contribution < -0.4 is 11.2 Å². The molecule has 2 rings (SSSR count). The highest BCUT2D eigenvalue weighted by atomic mass is 35.5. The summed E-state index contributed by atoms with van der Waals surface area (Å²) in [5.41, 5.74) is -4.00. The van der Waals surface area contributed by atoms with Crippen molar-refractivity contribution in [1.82, 2.24) is 9.55 Å². The molecule has 0 amide bonds. The van der Waals surface area contributed by atoms with Gasteiger partial charge in [-0.05, 0) is 12.1 Å². The molecule has 0 bridgehead atoms. The zero-order valence-corrected chi connectivity index (χ0v) is 12.0. The van der Waals surface area contributed by atoms with Gasteiger partial charge in [0.1, 0.15) is 5.69 Å². The normalized spacial score (nSPS) is 11.7. The third-order valence-corrected chi connectivity index (χ3v) is 3.66. The van der Waals surface area contributed by atoms with Crippen molar-refractivity contribution >= 4 is 34.8 Å². The first-order valence-corrected chi connectivity index (χ1v) is 6.33. The lowest BCUT2D eigenvalue weighted by molar-refractivity contribution is -0.141. The average molecular weight is 360 g/mol. The van der Waals surface area contributed by atoms with Crippen LogP contribution in [0, 0.1) is 0 Å². The Kier molecular flexibility index (Phi) is 4.10.